The molecule has 5 heteroatoms. The number of ketones is 1. The van der Waals surface area contributed by atoms with Crippen molar-refractivity contribution in [1.29, 1.82) is 0 Å². The number of carbonyl (C=O) groups is 1. The van der Waals surface area contributed by atoms with E-state index in [4.69, 9.17) is 9.15 Å². The molecule has 1 unspecified atom stereocenters. The fourth-order valence-electron chi connectivity index (χ4n) is 3.26. The van der Waals surface area contributed by atoms with Crippen molar-refractivity contribution >= 4 is 5.78 Å². The molecule has 0 spiro atoms. The molecule has 0 radical (unpaired) electrons. The lowest BCUT2D eigenvalue weighted by atomic mass is 9.89. The second-order valence-corrected chi connectivity index (χ2v) is 6.55. The van der Waals surface area contributed by atoms with Gasteiger partial charge in [0.1, 0.15) is 12.4 Å². The number of hydrogen-bond donors (Lipinski definition) is 1. The summed E-state index contributed by atoms with van der Waals surface area (Å²) in [6.45, 7) is 2.89. The molecule has 0 bridgehead atoms. The SMILES string of the molecule is O=C(c1ccccc1)C1CCN(CC(O)COCc2ccco2)CC1. The van der Waals surface area contributed by atoms with Crippen molar-refractivity contribution < 1.29 is 19.1 Å². The summed E-state index contributed by atoms with van der Waals surface area (Å²) in [4.78, 5) is 14.7. The van der Waals surface area contributed by atoms with Crippen molar-refractivity contribution in [2.45, 2.75) is 25.6 Å². The van der Waals surface area contributed by atoms with Gasteiger partial charge in [0.05, 0.1) is 19.0 Å². The van der Waals surface area contributed by atoms with E-state index in [0.717, 1.165) is 37.3 Å². The Kier molecular flexibility index (Phi) is 6.39. The molecule has 1 aliphatic rings. The molecule has 1 saturated heterocycles. The summed E-state index contributed by atoms with van der Waals surface area (Å²) in [5.74, 6) is 1.08. The second kappa shape index (κ2) is 8.94. The van der Waals surface area contributed by atoms with Crippen LogP contribution >= 0.6 is 0 Å². The quantitative estimate of drug-likeness (QED) is 0.747. The highest BCUT2D eigenvalue weighted by Crippen LogP contribution is 2.22. The first-order chi connectivity index (χ1) is 12.2. The summed E-state index contributed by atoms with van der Waals surface area (Å²) < 4.78 is 10.7. The van der Waals surface area contributed by atoms with Gasteiger partial charge in [-0.2, -0.15) is 0 Å². The molecule has 25 heavy (non-hydrogen) atoms. The minimum absolute atomic E-state index is 0.0889. The van der Waals surface area contributed by atoms with Crippen LogP contribution in [0.25, 0.3) is 0 Å². The van der Waals surface area contributed by atoms with Gasteiger partial charge in [0.25, 0.3) is 0 Å². The van der Waals surface area contributed by atoms with E-state index in [1.54, 1.807) is 6.26 Å². The lowest BCUT2D eigenvalue weighted by Crippen LogP contribution is -2.41. The van der Waals surface area contributed by atoms with E-state index >= 15 is 0 Å². The van der Waals surface area contributed by atoms with Crippen LogP contribution in [0.4, 0.5) is 0 Å². The van der Waals surface area contributed by atoms with Gasteiger partial charge in [0.2, 0.25) is 0 Å². The van der Waals surface area contributed by atoms with Gasteiger partial charge in [0.15, 0.2) is 5.78 Å². The third-order valence-electron chi connectivity index (χ3n) is 4.62. The van der Waals surface area contributed by atoms with Crippen molar-refractivity contribution in [2.24, 2.45) is 5.92 Å². The summed E-state index contributed by atoms with van der Waals surface area (Å²) in [6.07, 6.45) is 2.76. The van der Waals surface area contributed by atoms with E-state index in [9.17, 15) is 9.90 Å². The van der Waals surface area contributed by atoms with Gasteiger partial charge in [-0.05, 0) is 38.1 Å². The van der Waals surface area contributed by atoms with Crippen molar-refractivity contribution in [3.05, 3.63) is 60.1 Å². The molecule has 0 aliphatic carbocycles. The van der Waals surface area contributed by atoms with Crippen LogP contribution in [-0.2, 0) is 11.3 Å². The molecule has 1 N–H and O–H groups in total. The van der Waals surface area contributed by atoms with Crippen LogP contribution in [0.15, 0.2) is 53.1 Å². The molecule has 1 atom stereocenters. The molecule has 2 heterocycles. The minimum Gasteiger partial charge on any atom is -0.467 e. The van der Waals surface area contributed by atoms with E-state index in [-0.39, 0.29) is 18.3 Å². The topological polar surface area (TPSA) is 62.9 Å². The standard InChI is InChI=1S/C20H25NO4/c22-18(14-24-15-19-7-4-12-25-19)13-21-10-8-17(9-11-21)20(23)16-5-2-1-3-6-16/h1-7,12,17-18,22H,8-11,13-15H2. The molecule has 0 saturated carbocycles. The number of piperidine rings is 1. The van der Waals surface area contributed by atoms with Crippen LogP contribution in [0, 0.1) is 5.92 Å². The van der Waals surface area contributed by atoms with Crippen LogP contribution in [-0.4, -0.2) is 48.1 Å². The first kappa shape index (κ1) is 17.9. The molecule has 0 amide bonds. The van der Waals surface area contributed by atoms with Gasteiger partial charge in [-0.25, -0.2) is 0 Å². The van der Waals surface area contributed by atoms with Crippen LogP contribution in [0.3, 0.4) is 0 Å². The van der Waals surface area contributed by atoms with Crippen molar-refractivity contribution in [3.63, 3.8) is 0 Å². The van der Waals surface area contributed by atoms with Crippen molar-refractivity contribution in [1.82, 2.24) is 4.90 Å². The Morgan fingerprint density at radius 1 is 1.20 bits per heavy atom. The molecule has 3 rings (SSSR count). The normalized spacial score (nSPS) is 17.5. The Hall–Kier alpha value is -1.95. The lowest BCUT2D eigenvalue weighted by Gasteiger charge is -2.32. The number of likely N-dealkylation sites (tertiary alicyclic amines) is 1. The maximum atomic E-state index is 12.5. The molecule has 1 aromatic carbocycles. The fourth-order valence-corrected chi connectivity index (χ4v) is 3.26. The summed E-state index contributed by atoms with van der Waals surface area (Å²) in [7, 11) is 0. The highest BCUT2D eigenvalue weighted by atomic mass is 16.5. The Morgan fingerprint density at radius 3 is 2.64 bits per heavy atom. The van der Waals surface area contributed by atoms with E-state index in [2.05, 4.69) is 4.90 Å². The highest BCUT2D eigenvalue weighted by molar-refractivity contribution is 5.97. The number of furan rings is 1. The lowest BCUT2D eigenvalue weighted by molar-refractivity contribution is 0.000567. The van der Waals surface area contributed by atoms with E-state index < -0.39 is 6.10 Å². The second-order valence-electron chi connectivity index (χ2n) is 6.55. The largest absolute Gasteiger partial charge is 0.467 e. The van der Waals surface area contributed by atoms with Crippen LogP contribution in [0.5, 0.6) is 0 Å². The fraction of sp³-hybridized carbons (Fsp3) is 0.450. The summed E-state index contributed by atoms with van der Waals surface area (Å²) in [5.41, 5.74) is 0.798. The monoisotopic (exact) mass is 343 g/mol. The van der Waals surface area contributed by atoms with Gasteiger partial charge in [-0.15, -0.1) is 0 Å². The van der Waals surface area contributed by atoms with Crippen molar-refractivity contribution in [2.75, 3.05) is 26.2 Å². The number of rotatable bonds is 8. The average molecular weight is 343 g/mol. The third kappa shape index (κ3) is 5.26. The highest BCUT2D eigenvalue weighted by Gasteiger charge is 2.26. The molecule has 1 aliphatic heterocycles. The maximum Gasteiger partial charge on any atom is 0.166 e. The molecule has 5 nitrogen and oxygen atoms in total. The number of hydrogen-bond acceptors (Lipinski definition) is 5. The first-order valence-corrected chi connectivity index (χ1v) is 8.82. The van der Waals surface area contributed by atoms with Gasteiger partial charge in [-0.3, -0.25) is 4.79 Å². The zero-order chi connectivity index (χ0) is 17.5. The Balaban J connectivity index is 1.36. The predicted octanol–water partition coefficient (Wildman–Crippen LogP) is 2.75. The van der Waals surface area contributed by atoms with Crippen molar-refractivity contribution in [3.8, 4) is 0 Å². The summed E-state index contributed by atoms with van der Waals surface area (Å²) >= 11 is 0. The zero-order valence-corrected chi connectivity index (χ0v) is 14.3. The molecule has 1 fully saturated rings. The number of ether oxygens (including phenoxy) is 1. The Bertz CT molecular complexity index is 633. The molecule has 134 valence electrons. The average Bonchev–Trinajstić information content (AvgIpc) is 3.16. The zero-order valence-electron chi connectivity index (χ0n) is 14.3. The smallest absolute Gasteiger partial charge is 0.166 e. The molecule has 1 aromatic heterocycles. The van der Waals surface area contributed by atoms with Gasteiger partial charge < -0.3 is 19.2 Å². The van der Waals surface area contributed by atoms with Gasteiger partial charge in [-0.1, -0.05) is 30.3 Å². The third-order valence-corrected chi connectivity index (χ3v) is 4.62. The Labute approximate surface area is 148 Å². The van der Waals surface area contributed by atoms with Crippen LogP contribution < -0.4 is 0 Å². The minimum atomic E-state index is -0.531. The first-order valence-electron chi connectivity index (χ1n) is 8.82. The number of Topliss-reactive ketones (excluding diaryl/α,β-unsaturated/α-hetero) is 1. The summed E-state index contributed by atoms with van der Waals surface area (Å²) in [5, 5.41) is 10.1. The number of aliphatic hydroxyl groups excluding tert-OH is 1. The maximum absolute atomic E-state index is 12.5. The number of carbonyl (C=O) groups excluding carboxylic acids is 1. The van der Waals surface area contributed by atoms with Gasteiger partial charge in [0, 0.05) is 18.0 Å². The predicted molar refractivity (Wildman–Crippen MR) is 94.3 cm³/mol. The number of nitrogens with zero attached hydrogens (tertiary/aromatic N) is 1. The summed E-state index contributed by atoms with van der Waals surface area (Å²) in [6, 6.07) is 13.2. The Morgan fingerprint density at radius 2 is 1.96 bits per heavy atom. The number of benzene rings is 1. The molecule has 2 aromatic rings. The van der Waals surface area contributed by atoms with E-state index in [1.165, 1.54) is 0 Å². The van der Waals surface area contributed by atoms with E-state index in [1.807, 2.05) is 42.5 Å². The van der Waals surface area contributed by atoms with Crippen LogP contribution in [0.1, 0.15) is 29.0 Å². The van der Waals surface area contributed by atoms with E-state index in [0.29, 0.717) is 13.2 Å². The molecular weight excluding hydrogens is 318 g/mol. The van der Waals surface area contributed by atoms with Crippen LogP contribution in [0.2, 0.25) is 0 Å². The number of aliphatic hydroxyl groups is 1. The van der Waals surface area contributed by atoms with Gasteiger partial charge >= 0.3 is 0 Å². The number of β-amino-alcohol motifs (C(OH)–C–C–N with tert-alkyl or cyclic N) is 1. The molecular formula is C20H25NO4.